The molecule has 0 aliphatic carbocycles. The molecule has 1 fully saturated rings. The summed E-state index contributed by atoms with van der Waals surface area (Å²) in [6, 6.07) is 18.4. The summed E-state index contributed by atoms with van der Waals surface area (Å²) in [5, 5.41) is 3.13. The van der Waals surface area contributed by atoms with Gasteiger partial charge in [0.1, 0.15) is 0 Å². The van der Waals surface area contributed by atoms with Crippen molar-refractivity contribution in [2.24, 2.45) is 10.7 Å². The van der Waals surface area contributed by atoms with Crippen molar-refractivity contribution in [3.05, 3.63) is 60.2 Å². The van der Waals surface area contributed by atoms with Crippen molar-refractivity contribution in [2.45, 2.75) is 25.8 Å². The first-order valence-electron chi connectivity index (χ1n) is 8.28. The highest BCUT2D eigenvalue weighted by molar-refractivity contribution is 5.92. The predicted molar refractivity (Wildman–Crippen MR) is 97.9 cm³/mol. The summed E-state index contributed by atoms with van der Waals surface area (Å²) in [7, 11) is 0. The molecule has 120 valence electrons. The molecule has 0 spiro atoms. The summed E-state index contributed by atoms with van der Waals surface area (Å²) in [5.74, 6) is 0.449. The lowest BCUT2D eigenvalue weighted by atomic mass is 10.1. The maximum Gasteiger partial charge on any atom is 0.193 e. The van der Waals surface area contributed by atoms with Gasteiger partial charge in [-0.2, -0.15) is 0 Å². The van der Waals surface area contributed by atoms with Crippen LogP contribution in [-0.2, 0) is 6.54 Å². The van der Waals surface area contributed by atoms with Gasteiger partial charge in [0.05, 0.1) is 6.54 Å². The molecule has 4 nitrogen and oxygen atoms in total. The number of aliphatic imine (C=N–C) groups is 1. The first-order chi connectivity index (χ1) is 11.3. The molecule has 3 N–H and O–H groups in total. The molecule has 2 aromatic rings. The molecule has 0 atom stereocenters. The standard InChI is InChI=1S/C19H24N4/c20-19(22-17-10-3-1-4-11-17)21-15-16-9-5-6-12-18(16)23-13-7-2-8-14-23/h1,3-6,9-12H,2,7-8,13-15H2,(H3,20,21,22). The number of rotatable bonds is 4. The van der Waals surface area contributed by atoms with E-state index in [4.69, 9.17) is 5.73 Å². The third-order valence-electron chi connectivity index (χ3n) is 4.15. The lowest BCUT2D eigenvalue weighted by Crippen LogP contribution is -2.30. The van der Waals surface area contributed by atoms with Crippen LogP contribution >= 0.6 is 0 Å². The van der Waals surface area contributed by atoms with Crippen LogP contribution in [0.25, 0.3) is 0 Å². The first-order valence-corrected chi connectivity index (χ1v) is 8.28. The predicted octanol–water partition coefficient (Wildman–Crippen LogP) is 3.60. The second-order valence-electron chi connectivity index (χ2n) is 5.87. The van der Waals surface area contributed by atoms with Crippen LogP contribution in [0.3, 0.4) is 0 Å². The number of benzene rings is 2. The maximum absolute atomic E-state index is 6.01. The number of piperidine rings is 1. The summed E-state index contributed by atoms with van der Waals surface area (Å²) >= 11 is 0. The lowest BCUT2D eigenvalue weighted by Gasteiger charge is -2.30. The molecule has 0 aromatic heterocycles. The Morgan fingerprint density at radius 2 is 1.65 bits per heavy atom. The van der Waals surface area contributed by atoms with Crippen LogP contribution in [0.15, 0.2) is 59.6 Å². The number of anilines is 2. The van der Waals surface area contributed by atoms with E-state index in [1.54, 1.807) is 0 Å². The van der Waals surface area contributed by atoms with Crippen molar-refractivity contribution >= 4 is 17.3 Å². The third kappa shape index (κ3) is 4.25. The normalized spacial score (nSPS) is 15.5. The van der Waals surface area contributed by atoms with Gasteiger partial charge in [0.25, 0.3) is 0 Å². The van der Waals surface area contributed by atoms with Gasteiger partial charge >= 0.3 is 0 Å². The fourth-order valence-electron chi connectivity index (χ4n) is 2.97. The Morgan fingerprint density at radius 3 is 2.43 bits per heavy atom. The van der Waals surface area contributed by atoms with E-state index in [2.05, 4.69) is 39.5 Å². The Bertz CT molecular complexity index is 645. The lowest BCUT2D eigenvalue weighted by molar-refractivity contribution is 0.576. The Hall–Kier alpha value is -2.49. The molecule has 0 saturated carbocycles. The van der Waals surface area contributed by atoms with Gasteiger partial charge < -0.3 is 16.0 Å². The zero-order valence-electron chi connectivity index (χ0n) is 13.4. The fraction of sp³-hybridized carbons (Fsp3) is 0.316. The van der Waals surface area contributed by atoms with Gasteiger partial charge in [0, 0.05) is 24.5 Å². The van der Waals surface area contributed by atoms with Crippen molar-refractivity contribution in [1.82, 2.24) is 0 Å². The second-order valence-corrected chi connectivity index (χ2v) is 5.87. The van der Waals surface area contributed by atoms with Crippen LogP contribution in [0.5, 0.6) is 0 Å². The van der Waals surface area contributed by atoms with Gasteiger partial charge in [0.15, 0.2) is 5.96 Å². The molecule has 1 heterocycles. The minimum Gasteiger partial charge on any atom is -0.371 e. The van der Waals surface area contributed by atoms with E-state index in [1.165, 1.54) is 30.5 Å². The zero-order valence-corrected chi connectivity index (χ0v) is 13.4. The fourth-order valence-corrected chi connectivity index (χ4v) is 2.97. The minimum absolute atomic E-state index is 0.449. The molecule has 1 aliphatic rings. The minimum atomic E-state index is 0.449. The summed E-state index contributed by atoms with van der Waals surface area (Å²) in [6.07, 6.45) is 3.88. The largest absolute Gasteiger partial charge is 0.371 e. The SMILES string of the molecule is NC(=NCc1ccccc1N1CCCCC1)Nc1ccccc1. The monoisotopic (exact) mass is 308 g/mol. The topological polar surface area (TPSA) is 53.6 Å². The van der Waals surface area contributed by atoms with Crippen LogP contribution in [0, 0.1) is 0 Å². The molecule has 0 radical (unpaired) electrons. The number of hydrogen-bond donors (Lipinski definition) is 2. The second kappa shape index (κ2) is 7.68. The van der Waals surface area contributed by atoms with Gasteiger partial charge in [0.2, 0.25) is 0 Å². The molecular formula is C19H24N4. The van der Waals surface area contributed by atoms with E-state index in [0.29, 0.717) is 12.5 Å². The maximum atomic E-state index is 6.01. The molecular weight excluding hydrogens is 284 g/mol. The molecule has 2 aromatic carbocycles. The Kier molecular flexibility index (Phi) is 5.14. The average Bonchev–Trinajstić information content (AvgIpc) is 2.62. The van der Waals surface area contributed by atoms with Crippen LogP contribution in [0.4, 0.5) is 11.4 Å². The van der Waals surface area contributed by atoms with Crippen LogP contribution in [0.2, 0.25) is 0 Å². The average molecular weight is 308 g/mol. The number of para-hydroxylation sites is 2. The van der Waals surface area contributed by atoms with Gasteiger partial charge in [-0.25, -0.2) is 4.99 Å². The van der Waals surface area contributed by atoms with Gasteiger partial charge in [-0.05, 0) is 43.0 Å². The number of nitrogens with two attached hydrogens (primary N) is 1. The third-order valence-corrected chi connectivity index (χ3v) is 4.15. The first kappa shape index (κ1) is 15.4. The van der Waals surface area contributed by atoms with Crippen molar-refractivity contribution in [1.29, 1.82) is 0 Å². The number of guanidine groups is 1. The van der Waals surface area contributed by atoms with E-state index in [-0.39, 0.29) is 0 Å². The summed E-state index contributed by atoms with van der Waals surface area (Å²) in [6.45, 7) is 2.87. The summed E-state index contributed by atoms with van der Waals surface area (Å²) in [4.78, 5) is 6.97. The van der Waals surface area contributed by atoms with Gasteiger partial charge in [-0.3, -0.25) is 0 Å². The van der Waals surface area contributed by atoms with Crippen molar-refractivity contribution in [3.63, 3.8) is 0 Å². The molecule has 23 heavy (non-hydrogen) atoms. The Morgan fingerprint density at radius 1 is 0.957 bits per heavy atom. The Labute approximate surface area is 138 Å². The van der Waals surface area contributed by atoms with Crippen LogP contribution in [0.1, 0.15) is 24.8 Å². The van der Waals surface area contributed by atoms with Gasteiger partial charge in [-0.15, -0.1) is 0 Å². The highest BCUT2D eigenvalue weighted by Crippen LogP contribution is 2.24. The smallest absolute Gasteiger partial charge is 0.193 e. The highest BCUT2D eigenvalue weighted by atomic mass is 15.1. The van der Waals surface area contributed by atoms with E-state index in [0.717, 1.165) is 18.8 Å². The van der Waals surface area contributed by atoms with Crippen LogP contribution in [-0.4, -0.2) is 19.0 Å². The molecule has 3 rings (SSSR count). The van der Waals surface area contributed by atoms with Crippen molar-refractivity contribution < 1.29 is 0 Å². The van der Waals surface area contributed by atoms with E-state index in [1.807, 2.05) is 30.3 Å². The number of nitrogens with one attached hydrogen (secondary N) is 1. The number of nitrogens with zero attached hydrogens (tertiary/aromatic N) is 2. The van der Waals surface area contributed by atoms with E-state index < -0.39 is 0 Å². The zero-order chi connectivity index (χ0) is 15.9. The molecule has 4 heteroatoms. The van der Waals surface area contributed by atoms with E-state index >= 15 is 0 Å². The number of hydrogen-bond acceptors (Lipinski definition) is 2. The Balaban J connectivity index is 1.68. The molecule has 0 bridgehead atoms. The van der Waals surface area contributed by atoms with Gasteiger partial charge in [-0.1, -0.05) is 36.4 Å². The summed E-state index contributed by atoms with van der Waals surface area (Å²) < 4.78 is 0. The molecule has 0 unspecified atom stereocenters. The van der Waals surface area contributed by atoms with E-state index in [9.17, 15) is 0 Å². The summed E-state index contributed by atoms with van der Waals surface area (Å²) in [5.41, 5.74) is 9.49. The molecule has 0 amide bonds. The van der Waals surface area contributed by atoms with Crippen LogP contribution < -0.4 is 16.0 Å². The van der Waals surface area contributed by atoms with Crippen molar-refractivity contribution in [2.75, 3.05) is 23.3 Å². The van der Waals surface area contributed by atoms with Crippen molar-refractivity contribution in [3.8, 4) is 0 Å². The quantitative estimate of drug-likeness (QED) is 0.670. The molecule has 1 aliphatic heterocycles. The highest BCUT2D eigenvalue weighted by Gasteiger charge is 2.13. The molecule has 1 saturated heterocycles.